The number of aromatic hydroxyl groups is 1. The Morgan fingerprint density at radius 1 is 1.09 bits per heavy atom. The molecule has 0 amide bonds. The van der Waals surface area contributed by atoms with Gasteiger partial charge in [0.25, 0.3) is 0 Å². The topological polar surface area (TPSA) is 59.1 Å². The summed E-state index contributed by atoms with van der Waals surface area (Å²) >= 11 is 1.66. The second-order valence-corrected chi connectivity index (χ2v) is 6.94. The van der Waals surface area contributed by atoms with E-state index in [0.717, 1.165) is 22.5 Å². The van der Waals surface area contributed by atoms with Crippen molar-refractivity contribution in [1.82, 2.24) is 4.98 Å². The first kappa shape index (κ1) is 15.8. The van der Waals surface area contributed by atoms with E-state index < -0.39 is 0 Å². The molecule has 2 aromatic carbocycles. The molecule has 3 nitrogen and oxygen atoms in total. The predicted molar refractivity (Wildman–Crippen MR) is 99.0 cm³/mol. The van der Waals surface area contributed by atoms with Crippen LogP contribution in [0.4, 0.5) is 5.69 Å². The quantitative estimate of drug-likeness (QED) is 0.363. The molecule has 0 aliphatic rings. The molecular weight excluding hydrogens is 304 g/mol. The number of hydrogen-bond donors (Lipinski definition) is 2. The number of fused-ring (bicyclic) bond motifs is 1. The van der Waals surface area contributed by atoms with Gasteiger partial charge in [0.1, 0.15) is 10.8 Å². The molecule has 1 heterocycles. The van der Waals surface area contributed by atoms with Crippen molar-refractivity contribution in [3.05, 3.63) is 42.0 Å². The summed E-state index contributed by atoms with van der Waals surface area (Å²) < 4.78 is 1.18. The van der Waals surface area contributed by atoms with Crippen LogP contribution in [-0.2, 0) is 6.42 Å². The Hall–Kier alpha value is -2.07. The van der Waals surface area contributed by atoms with E-state index in [4.69, 9.17) is 10.7 Å². The van der Waals surface area contributed by atoms with E-state index in [9.17, 15) is 5.11 Å². The number of aryl methyl sites for hydroxylation is 1. The van der Waals surface area contributed by atoms with Crippen LogP contribution in [0.3, 0.4) is 0 Å². The predicted octanol–water partition coefficient (Wildman–Crippen LogP) is 5.37. The Bertz CT molecular complexity index is 810. The maximum atomic E-state index is 9.55. The molecule has 0 saturated heterocycles. The fraction of sp³-hybridized carbons (Fsp3) is 0.316. The minimum absolute atomic E-state index is 0.115. The van der Waals surface area contributed by atoms with Crippen molar-refractivity contribution in [1.29, 1.82) is 0 Å². The van der Waals surface area contributed by atoms with Gasteiger partial charge < -0.3 is 10.8 Å². The number of aromatic nitrogens is 1. The minimum atomic E-state index is 0.115. The van der Waals surface area contributed by atoms with Gasteiger partial charge in [0.05, 0.1) is 15.9 Å². The summed E-state index contributed by atoms with van der Waals surface area (Å²) in [6.07, 6.45) is 6.24. The van der Waals surface area contributed by atoms with Gasteiger partial charge in [-0.25, -0.2) is 4.98 Å². The summed E-state index contributed by atoms with van der Waals surface area (Å²) in [6.45, 7) is 2.24. The van der Waals surface area contributed by atoms with Gasteiger partial charge in [0.2, 0.25) is 0 Å². The summed E-state index contributed by atoms with van der Waals surface area (Å²) in [7, 11) is 0. The summed E-state index contributed by atoms with van der Waals surface area (Å²) in [5, 5.41) is 10.5. The second kappa shape index (κ2) is 7.01. The number of phenolic OH excluding ortho intramolecular Hbond substituents is 1. The number of anilines is 1. The van der Waals surface area contributed by atoms with E-state index >= 15 is 0 Å². The Balaban J connectivity index is 1.82. The van der Waals surface area contributed by atoms with Gasteiger partial charge in [0, 0.05) is 5.56 Å². The van der Waals surface area contributed by atoms with Crippen LogP contribution in [0.2, 0.25) is 0 Å². The van der Waals surface area contributed by atoms with Gasteiger partial charge in [-0.2, -0.15) is 0 Å². The number of thiazole rings is 1. The average molecular weight is 326 g/mol. The number of nitrogens with zero attached hydrogens (tertiary/aromatic N) is 1. The standard InChI is InChI=1S/C19H22N2OS/c1-2-3-4-5-6-13-7-10-18-16(11-13)21-19(23-18)14-8-9-17(22)15(20)12-14/h7-12,22H,2-6,20H2,1H3. The smallest absolute Gasteiger partial charge is 0.138 e. The number of unbranched alkanes of at least 4 members (excludes halogenated alkanes) is 3. The highest BCUT2D eigenvalue weighted by molar-refractivity contribution is 7.21. The van der Waals surface area contributed by atoms with Crippen LogP contribution in [-0.4, -0.2) is 10.1 Å². The minimum Gasteiger partial charge on any atom is -0.506 e. The van der Waals surface area contributed by atoms with Crippen molar-refractivity contribution in [2.24, 2.45) is 0 Å². The Morgan fingerprint density at radius 3 is 2.74 bits per heavy atom. The highest BCUT2D eigenvalue weighted by Gasteiger charge is 2.08. The number of phenols is 1. The third-order valence-corrected chi connectivity index (χ3v) is 5.13. The molecule has 0 bridgehead atoms. The van der Waals surface area contributed by atoms with Gasteiger partial charge >= 0.3 is 0 Å². The Labute approximate surface area is 140 Å². The molecule has 120 valence electrons. The molecule has 0 unspecified atom stereocenters. The van der Waals surface area contributed by atoms with E-state index in [1.807, 2.05) is 6.07 Å². The maximum Gasteiger partial charge on any atom is 0.138 e. The molecule has 0 fully saturated rings. The zero-order chi connectivity index (χ0) is 16.2. The zero-order valence-electron chi connectivity index (χ0n) is 13.4. The SMILES string of the molecule is CCCCCCc1ccc2sc(-c3ccc(O)c(N)c3)nc2c1. The number of hydrogen-bond acceptors (Lipinski definition) is 4. The van der Waals surface area contributed by atoms with Crippen molar-refractivity contribution in [2.75, 3.05) is 5.73 Å². The number of nitrogens with two attached hydrogens (primary N) is 1. The molecule has 3 N–H and O–H groups in total. The van der Waals surface area contributed by atoms with Crippen LogP contribution >= 0.6 is 11.3 Å². The van der Waals surface area contributed by atoms with Crippen LogP contribution in [0, 0.1) is 0 Å². The van der Waals surface area contributed by atoms with E-state index in [0.29, 0.717) is 5.69 Å². The molecule has 0 spiro atoms. The lowest BCUT2D eigenvalue weighted by Gasteiger charge is -2.01. The highest BCUT2D eigenvalue weighted by atomic mass is 32.1. The molecule has 23 heavy (non-hydrogen) atoms. The lowest BCUT2D eigenvalue weighted by atomic mass is 10.1. The zero-order valence-corrected chi connectivity index (χ0v) is 14.2. The van der Waals surface area contributed by atoms with E-state index in [1.165, 1.54) is 35.9 Å². The first-order chi connectivity index (χ1) is 11.2. The first-order valence-electron chi connectivity index (χ1n) is 8.15. The van der Waals surface area contributed by atoms with Gasteiger partial charge in [-0.1, -0.05) is 32.3 Å². The molecular formula is C19H22N2OS. The van der Waals surface area contributed by atoms with Gasteiger partial charge in [-0.05, 0) is 48.7 Å². The first-order valence-corrected chi connectivity index (χ1v) is 8.97. The summed E-state index contributed by atoms with van der Waals surface area (Å²) in [5.74, 6) is 0.115. The number of nitrogen functional groups attached to an aromatic ring is 1. The Kier molecular flexibility index (Phi) is 4.82. The van der Waals surface area contributed by atoms with Crippen molar-refractivity contribution >= 4 is 27.2 Å². The van der Waals surface area contributed by atoms with Crippen molar-refractivity contribution in [2.45, 2.75) is 39.0 Å². The largest absolute Gasteiger partial charge is 0.506 e. The Morgan fingerprint density at radius 2 is 1.96 bits per heavy atom. The summed E-state index contributed by atoms with van der Waals surface area (Å²) in [4.78, 5) is 4.74. The molecule has 0 atom stereocenters. The van der Waals surface area contributed by atoms with E-state index in [1.54, 1.807) is 23.5 Å². The van der Waals surface area contributed by atoms with Crippen LogP contribution in [0.25, 0.3) is 20.8 Å². The van der Waals surface area contributed by atoms with Crippen molar-refractivity contribution in [3.63, 3.8) is 0 Å². The summed E-state index contributed by atoms with van der Waals surface area (Å²) in [5.41, 5.74) is 9.52. The lowest BCUT2D eigenvalue weighted by molar-refractivity contribution is 0.478. The lowest BCUT2D eigenvalue weighted by Crippen LogP contribution is -1.86. The van der Waals surface area contributed by atoms with Gasteiger partial charge in [0.15, 0.2) is 0 Å². The third-order valence-electron chi connectivity index (χ3n) is 4.05. The summed E-state index contributed by atoms with van der Waals surface area (Å²) in [6, 6.07) is 11.8. The third kappa shape index (κ3) is 3.64. The fourth-order valence-corrected chi connectivity index (χ4v) is 3.64. The molecule has 0 saturated carbocycles. The van der Waals surface area contributed by atoms with Crippen LogP contribution in [0.15, 0.2) is 36.4 Å². The van der Waals surface area contributed by atoms with E-state index in [2.05, 4.69) is 25.1 Å². The average Bonchev–Trinajstić information content (AvgIpc) is 2.97. The van der Waals surface area contributed by atoms with Gasteiger partial charge in [-0.15, -0.1) is 11.3 Å². The van der Waals surface area contributed by atoms with Crippen molar-refractivity contribution in [3.8, 4) is 16.3 Å². The number of rotatable bonds is 6. The molecule has 4 heteroatoms. The second-order valence-electron chi connectivity index (χ2n) is 5.91. The van der Waals surface area contributed by atoms with Crippen LogP contribution in [0.1, 0.15) is 38.2 Å². The maximum absolute atomic E-state index is 9.55. The van der Waals surface area contributed by atoms with E-state index in [-0.39, 0.29) is 5.75 Å². The number of benzene rings is 2. The monoisotopic (exact) mass is 326 g/mol. The van der Waals surface area contributed by atoms with Crippen LogP contribution < -0.4 is 5.73 Å². The van der Waals surface area contributed by atoms with Crippen LogP contribution in [0.5, 0.6) is 5.75 Å². The molecule has 3 aromatic rings. The molecule has 1 aromatic heterocycles. The van der Waals surface area contributed by atoms with Gasteiger partial charge in [-0.3, -0.25) is 0 Å². The highest BCUT2D eigenvalue weighted by Crippen LogP contribution is 2.33. The molecule has 0 aliphatic carbocycles. The fourth-order valence-electron chi connectivity index (χ4n) is 2.70. The molecule has 0 aliphatic heterocycles. The molecule has 3 rings (SSSR count). The van der Waals surface area contributed by atoms with Crippen molar-refractivity contribution < 1.29 is 5.11 Å². The normalized spacial score (nSPS) is 11.2. The molecule has 0 radical (unpaired) electrons.